The first kappa shape index (κ1) is 26.3. The molecule has 0 radical (unpaired) electrons. The summed E-state index contributed by atoms with van der Waals surface area (Å²) in [4.78, 5) is 26.9. The number of benzene rings is 3. The summed E-state index contributed by atoms with van der Waals surface area (Å²) in [5.41, 5.74) is 5.02. The molecule has 0 atom stereocenters. The number of aliphatic imine (C=N–C) groups is 1. The van der Waals surface area contributed by atoms with Crippen molar-refractivity contribution in [2.45, 2.75) is 33.7 Å². The summed E-state index contributed by atoms with van der Waals surface area (Å²) in [5.74, 6) is 1.89. The number of hydrogen-bond acceptors (Lipinski definition) is 7. The third-order valence-corrected chi connectivity index (χ3v) is 7.00. The van der Waals surface area contributed by atoms with E-state index >= 15 is 0 Å². The summed E-state index contributed by atoms with van der Waals surface area (Å²) < 4.78 is 11.0. The Morgan fingerprint density at radius 1 is 1.00 bits per heavy atom. The minimum absolute atomic E-state index is 0.0231. The van der Waals surface area contributed by atoms with Gasteiger partial charge in [0.1, 0.15) is 18.2 Å². The predicted octanol–water partition coefficient (Wildman–Crippen LogP) is 6.37. The first-order valence-corrected chi connectivity index (χ1v) is 13.1. The molecule has 0 spiro atoms. The van der Waals surface area contributed by atoms with Gasteiger partial charge in [0.2, 0.25) is 5.91 Å². The number of anilines is 3. The molecule has 4 aromatic rings. The van der Waals surface area contributed by atoms with Gasteiger partial charge in [-0.25, -0.2) is 9.97 Å². The van der Waals surface area contributed by atoms with E-state index in [1.165, 1.54) is 5.56 Å². The normalized spacial score (nSPS) is 12.4. The van der Waals surface area contributed by atoms with E-state index in [4.69, 9.17) is 19.4 Å². The number of carbonyl (C=O) groups is 1. The van der Waals surface area contributed by atoms with Gasteiger partial charge in [-0.05, 0) is 60.0 Å². The number of nitrogens with one attached hydrogen (secondary N) is 2. The quantitative estimate of drug-likeness (QED) is 0.234. The summed E-state index contributed by atoms with van der Waals surface area (Å²) in [5, 5.41) is 7.36. The summed E-state index contributed by atoms with van der Waals surface area (Å²) in [7, 11) is 1.65. The second-order valence-corrected chi connectivity index (χ2v) is 10.2. The Bertz CT molecular complexity index is 1550. The van der Waals surface area contributed by atoms with Crippen LogP contribution in [0.15, 0.2) is 65.7 Å². The van der Waals surface area contributed by atoms with Crippen LogP contribution >= 0.6 is 0 Å². The molecule has 0 fully saturated rings. The van der Waals surface area contributed by atoms with Gasteiger partial charge in [0.05, 0.1) is 18.7 Å². The molecule has 200 valence electrons. The molecule has 2 N–H and O–H groups in total. The number of amides is 1. The van der Waals surface area contributed by atoms with Crippen LogP contribution in [0.25, 0.3) is 22.3 Å². The summed E-state index contributed by atoms with van der Waals surface area (Å²) >= 11 is 0. The molecule has 8 heteroatoms. The van der Waals surface area contributed by atoms with Crippen LogP contribution in [0.2, 0.25) is 0 Å². The maximum Gasteiger partial charge on any atom is 0.230 e. The Morgan fingerprint density at radius 2 is 1.87 bits per heavy atom. The zero-order valence-corrected chi connectivity index (χ0v) is 22.7. The Hall–Kier alpha value is -4.30. The van der Waals surface area contributed by atoms with E-state index in [0.717, 1.165) is 34.1 Å². The molecule has 0 saturated carbocycles. The minimum Gasteiger partial charge on any atom is -0.491 e. The molecule has 5 rings (SSSR count). The highest BCUT2D eigenvalue weighted by molar-refractivity contribution is 5.96. The van der Waals surface area contributed by atoms with Crippen molar-refractivity contribution in [3.8, 4) is 17.1 Å². The number of ether oxygens (including phenoxy) is 2. The topological polar surface area (TPSA) is 97.7 Å². The third kappa shape index (κ3) is 5.91. The molecule has 3 aromatic carbocycles. The van der Waals surface area contributed by atoms with Crippen molar-refractivity contribution in [3.05, 3.63) is 71.8 Å². The van der Waals surface area contributed by atoms with E-state index in [1.807, 2.05) is 75.5 Å². The highest BCUT2D eigenvalue weighted by Crippen LogP contribution is 2.32. The monoisotopic (exact) mass is 523 g/mol. The molecule has 8 nitrogen and oxygen atoms in total. The van der Waals surface area contributed by atoms with E-state index in [1.54, 1.807) is 7.11 Å². The average Bonchev–Trinajstić information content (AvgIpc) is 3.41. The van der Waals surface area contributed by atoms with Crippen molar-refractivity contribution in [1.29, 1.82) is 0 Å². The standard InChI is InChI=1S/C31H33N5O3/c1-5-31(2,3)30(37)34-23-8-6-7-20(15-23)28-35-27-12-11-25(39-14-13-38-4)17-26(27)29(36-28)33-24-10-9-21-18-32-19-22(21)16-24/h6-12,15-17,19H,5,13-14,18H2,1-4H3,(H,34,37)(H,33,35,36). The van der Waals surface area contributed by atoms with E-state index in [-0.39, 0.29) is 5.91 Å². The summed E-state index contributed by atoms with van der Waals surface area (Å²) in [6.07, 6.45) is 2.64. The Labute approximate surface area is 228 Å². The highest BCUT2D eigenvalue weighted by Gasteiger charge is 2.25. The largest absolute Gasteiger partial charge is 0.491 e. The van der Waals surface area contributed by atoms with E-state index < -0.39 is 5.41 Å². The van der Waals surface area contributed by atoms with Gasteiger partial charge in [-0.1, -0.05) is 39.0 Å². The molecule has 1 aromatic heterocycles. The number of aromatic nitrogens is 2. The number of methoxy groups -OCH3 is 1. The SMILES string of the molecule is CCC(C)(C)C(=O)Nc1cccc(-c2nc(Nc3ccc4c(c3)C=NC4)c3cc(OCCOC)ccc3n2)c1. The number of hydrogen-bond donors (Lipinski definition) is 2. The van der Waals surface area contributed by atoms with Crippen molar-refractivity contribution < 1.29 is 14.3 Å². The van der Waals surface area contributed by atoms with Crippen LogP contribution in [0.5, 0.6) is 5.75 Å². The maximum atomic E-state index is 12.8. The van der Waals surface area contributed by atoms with Crippen molar-refractivity contribution in [3.63, 3.8) is 0 Å². The fourth-order valence-corrected chi connectivity index (χ4v) is 4.18. The van der Waals surface area contributed by atoms with Gasteiger partial charge in [-0.15, -0.1) is 0 Å². The van der Waals surface area contributed by atoms with Gasteiger partial charge in [0, 0.05) is 41.1 Å². The second kappa shape index (κ2) is 11.2. The van der Waals surface area contributed by atoms with Crippen LogP contribution in [0.4, 0.5) is 17.2 Å². The van der Waals surface area contributed by atoms with Gasteiger partial charge in [0.25, 0.3) is 0 Å². The lowest BCUT2D eigenvalue weighted by Gasteiger charge is -2.21. The lowest BCUT2D eigenvalue weighted by Crippen LogP contribution is -2.29. The van der Waals surface area contributed by atoms with Gasteiger partial charge in [-0.2, -0.15) is 0 Å². The van der Waals surface area contributed by atoms with Crippen LogP contribution in [0, 0.1) is 5.41 Å². The van der Waals surface area contributed by atoms with Crippen molar-refractivity contribution in [2.24, 2.45) is 10.4 Å². The van der Waals surface area contributed by atoms with Crippen LogP contribution in [-0.2, 0) is 16.1 Å². The van der Waals surface area contributed by atoms with Crippen LogP contribution in [0.1, 0.15) is 38.3 Å². The maximum absolute atomic E-state index is 12.8. The third-order valence-electron chi connectivity index (χ3n) is 7.00. The number of fused-ring (bicyclic) bond motifs is 2. The molecule has 0 aliphatic carbocycles. The molecule has 1 aliphatic rings. The van der Waals surface area contributed by atoms with Crippen LogP contribution < -0.4 is 15.4 Å². The van der Waals surface area contributed by atoms with E-state index in [0.29, 0.717) is 42.8 Å². The molecular weight excluding hydrogens is 490 g/mol. The Morgan fingerprint density at radius 3 is 2.69 bits per heavy atom. The number of carbonyl (C=O) groups excluding carboxylic acids is 1. The lowest BCUT2D eigenvalue weighted by molar-refractivity contribution is -0.124. The average molecular weight is 524 g/mol. The lowest BCUT2D eigenvalue weighted by atomic mass is 9.89. The fraction of sp³-hybridized carbons (Fsp3) is 0.290. The Kier molecular flexibility index (Phi) is 7.56. The van der Waals surface area contributed by atoms with E-state index in [9.17, 15) is 4.79 Å². The molecule has 1 aliphatic heterocycles. The molecule has 2 heterocycles. The smallest absolute Gasteiger partial charge is 0.230 e. The molecule has 0 unspecified atom stereocenters. The number of nitrogens with zero attached hydrogens (tertiary/aromatic N) is 3. The molecular formula is C31H33N5O3. The highest BCUT2D eigenvalue weighted by atomic mass is 16.5. The predicted molar refractivity (Wildman–Crippen MR) is 156 cm³/mol. The van der Waals surface area contributed by atoms with Crippen molar-refractivity contribution >= 4 is 40.2 Å². The van der Waals surface area contributed by atoms with Gasteiger partial charge in [0.15, 0.2) is 5.82 Å². The van der Waals surface area contributed by atoms with Crippen molar-refractivity contribution in [1.82, 2.24) is 9.97 Å². The first-order chi connectivity index (χ1) is 18.9. The first-order valence-electron chi connectivity index (χ1n) is 13.1. The van der Waals surface area contributed by atoms with Crippen LogP contribution in [-0.4, -0.2) is 42.4 Å². The van der Waals surface area contributed by atoms with Gasteiger partial charge in [-0.3, -0.25) is 9.79 Å². The Balaban J connectivity index is 1.53. The molecule has 0 saturated heterocycles. The zero-order valence-electron chi connectivity index (χ0n) is 22.7. The molecule has 39 heavy (non-hydrogen) atoms. The van der Waals surface area contributed by atoms with Crippen molar-refractivity contribution in [2.75, 3.05) is 31.0 Å². The minimum atomic E-state index is -0.462. The van der Waals surface area contributed by atoms with E-state index in [2.05, 4.69) is 27.8 Å². The second-order valence-electron chi connectivity index (χ2n) is 10.2. The fourth-order valence-electron chi connectivity index (χ4n) is 4.18. The number of rotatable bonds is 10. The summed E-state index contributed by atoms with van der Waals surface area (Å²) in [6.45, 7) is 7.54. The molecule has 1 amide bonds. The van der Waals surface area contributed by atoms with Gasteiger partial charge >= 0.3 is 0 Å². The molecule has 0 bridgehead atoms. The summed E-state index contributed by atoms with van der Waals surface area (Å²) in [6, 6.07) is 19.6. The van der Waals surface area contributed by atoms with Crippen LogP contribution in [0.3, 0.4) is 0 Å². The van der Waals surface area contributed by atoms with Gasteiger partial charge < -0.3 is 20.1 Å². The zero-order chi connectivity index (χ0) is 27.4.